The van der Waals surface area contributed by atoms with Gasteiger partial charge in [0.15, 0.2) is 0 Å². The van der Waals surface area contributed by atoms with E-state index in [0.29, 0.717) is 12.8 Å². The van der Waals surface area contributed by atoms with E-state index in [2.05, 4.69) is 62.5 Å². The molecule has 0 radical (unpaired) electrons. The summed E-state index contributed by atoms with van der Waals surface area (Å²) in [4.78, 5) is 23.8. The highest BCUT2D eigenvalue weighted by Gasteiger charge is 2.12. The Balaban J connectivity index is 3.53. The van der Waals surface area contributed by atoms with Crippen LogP contribution < -0.4 is 0 Å². The molecule has 0 saturated heterocycles. The molecule has 242 valence electrons. The summed E-state index contributed by atoms with van der Waals surface area (Å²) in [7, 11) is 0. The van der Waals surface area contributed by atoms with Crippen molar-refractivity contribution in [3.8, 4) is 0 Å². The summed E-state index contributed by atoms with van der Waals surface area (Å²) in [6.45, 7) is 4.13. The maximum atomic E-state index is 11.9. The third-order valence-corrected chi connectivity index (χ3v) is 7.08. The molecule has 0 amide bonds. The molecular formula is C37H64O5. The van der Waals surface area contributed by atoms with Crippen LogP contribution in [0.15, 0.2) is 48.6 Å². The van der Waals surface area contributed by atoms with Crippen LogP contribution in [0.25, 0.3) is 0 Å². The first-order valence-corrected chi connectivity index (χ1v) is 17.2. The van der Waals surface area contributed by atoms with E-state index in [1.807, 2.05) is 0 Å². The topological polar surface area (TPSA) is 72.8 Å². The van der Waals surface area contributed by atoms with Gasteiger partial charge in [-0.05, 0) is 51.4 Å². The zero-order valence-corrected chi connectivity index (χ0v) is 27.2. The molecule has 0 bridgehead atoms. The SMILES string of the molecule is CC/C=C\C/C=C\C/C=C\C/C=C\CCCCC(=O)OC[C@H](O)COC(=O)CCCCCCCCCCCCCCC. The fraction of sp³-hybridized carbons (Fsp3) is 0.730. The number of aliphatic hydroxyl groups is 1. The minimum atomic E-state index is -0.978. The first-order chi connectivity index (χ1) is 20.6. The first-order valence-electron chi connectivity index (χ1n) is 17.2. The maximum Gasteiger partial charge on any atom is 0.305 e. The number of allylic oxidation sites excluding steroid dienone is 8. The molecule has 1 atom stereocenters. The number of carbonyl (C=O) groups is 2. The van der Waals surface area contributed by atoms with Crippen LogP contribution in [0.2, 0.25) is 0 Å². The summed E-state index contributed by atoms with van der Waals surface area (Å²) in [5.74, 6) is -0.614. The van der Waals surface area contributed by atoms with E-state index in [1.165, 1.54) is 64.2 Å². The number of ether oxygens (including phenoxy) is 2. The fourth-order valence-electron chi connectivity index (χ4n) is 4.49. The molecule has 0 rings (SSSR count). The third kappa shape index (κ3) is 32.4. The summed E-state index contributed by atoms with van der Waals surface area (Å²) in [6, 6.07) is 0. The van der Waals surface area contributed by atoms with E-state index in [-0.39, 0.29) is 25.2 Å². The van der Waals surface area contributed by atoms with Gasteiger partial charge in [-0.15, -0.1) is 0 Å². The smallest absolute Gasteiger partial charge is 0.305 e. The Morgan fingerprint density at radius 2 is 0.905 bits per heavy atom. The van der Waals surface area contributed by atoms with Crippen molar-refractivity contribution in [2.45, 2.75) is 161 Å². The molecular weight excluding hydrogens is 524 g/mol. The summed E-state index contributed by atoms with van der Waals surface area (Å²) in [5.41, 5.74) is 0. The quantitative estimate of drug-likeness (QED) is 0.0513. The van der Waals surface area contributed by atoms with Gasteiger partial charge in [-0.1, -0.05) is 140 Å². The monoisotopic (exact) mass is 588 g/mol. The van der Waals surface area contributed by atoms with Gasteiger partial charge in [0.2, 0.25) is 0 Å². The zero-order chi connectivity index (χ0) is 30.8. The molecule has 1 N–H and O–H groups in total. The number of aliphatic hydroxyl groups excluding tert-OH is 1. The van der Waals surface area contributed by atoms with Crippen molar-refractivity contribution in [3.63, 3.8) is 0 Å². The number of rotatable bonds is 30. The molecule has 0 aromatic rings. The van der Waals surface area contributed by atoms with E-state index in [4.69, 9.17) is 9.47 Å². The lowest BCUT2D eigenvalue weighted by Crippen LogP contribution is -2.25. The van der Waals surface area contributed by atoms with Crippen LogP contribution in [0.4, 0.5) is 0 Å². The molecule has 0 aromatic heterocycles. The minimum Gasteiger partial charge on any atom is -0.463 e. The fourth-order valence-corrected chi connectivity index (χ4v) is 4.49. The molecule has 0 spiro atoms. The lowest BCUT2D eigenvalue weighted by molar-refractivity contribution is -0.152. The summed E-state index contributed by atoms with van der Waals surface area (Å²) < 4.78 is 10.3. The van der Waals surface area contributed by atoms with Crippen molar-refractivity contribution in [1.82, 2.24) is 0 Å². The predicted octanol–water partition coefficient (Wildman–Crippen LogP) is 10.3. The van der Waals surface area contributed by atoms with E-state index in [1.54, 1.807) is 0 Å². The number of hydrogen-bond donors (Lipinski definition) is 1. The molecule has 42 heavy (non-hydrogen) atoms. The maximum absolute atomic E-state index is 11.9. The first kappa shape index (κ1) is 39.9. The number of esters is 2. The summed E-state index contributed by atoms with van der Waals surface area (Å²) >= 11 is 0. The number of hydrogen-bond acceptors (Lipinski definition) is 5. The van der Waals surface area contributed by atoms with Crippen molar-refractivity contribution >= 4 is 11.9 Å². The molecule has 0 aromatic carbocycles. The normalized spacial score (nSPS) is 12.7. The van der Waals surface area contributed by atoms with Crippen molar-refractivity contribution < 1.29 is 24.2 Å². The highest BCUT2D eigenvalue weighted by molar-refractivity contribution is 5.69. The molecule has 0 unspecified atom stereocenters. The zero-order valence-electron chi connectivity index (χ0n) is 27.2. The Morgan fingerprint density at radius 3 is 1.36 bits per heavy atom. The average molecular weight is 589 g/mol. The largest absolute Gasteiger partial charge is 0.463 e. The van der Waals surface area contributed by atoms with E-state index >= 15 is 0 Å². The highest BCUT2D eigenvalue weighted by Crippen LogP contribution is 2.13. The van der Waals surface area contributed by atoms with E-state index < -0.39 is 6.10 Å². The molecule has 0 aliphatic heterocycles. The van der Waals surface area contributed by atoms with Gasteiger partial charge in [0.25, 0.3) is 0 Å². The Bertz CT molecular complexity index is 722. The van der Waals surface area contributed by atoms with Gasteiger partial charge in [0, 0.05) is 12.8 Å². The molecule has 5 heteroatoms. The van der Waals surface area contributed by atoms with Gasteiger partial charge in [-0.25, -0.2) is 0 Å². The van der Waals surface area contributed by atoms with Crippen LogP contribution in [0.1, 0.15) is 155 Å². The molecule has 0 aliphatic carbocycles. The van der Waals surface area contributed by atoms with Gasteiger partial charge < -0.3 is 14.6 Å². The highest BCUT2D eigenvalue weighted by atomic mass is 16.6. The minimum absolute atomic E-state index is 0.129. The average Bonchev–Trinajstić information content (AvgIpc) is 2.99. The predicted molar refractivity (Wildman–Crippen MR) is 177 cm³/mol. The van der Waals surface area contributed by atoms with Gasteiger partial charge in [-0.2, -0.15) is 0 Å². The third-order valence-electron chi connectivity index (χ3n) is 7.08. The van der Waals surface area contributed by atoms with Crippen molar-refractivity contribution in [2.75, 3.05) is 13.2 Å². The molecule has 0 aliphatic rings. The second-order valence-electron chi connectivity index (χ2n) is 11.3. The van der Waals surface area contributed by atoms with Gasteiger partial charge >= 0.3 is 11.9 Å². The van der Waals surface area contributed by atoms with Crippen LogP contribution in [0, 0.1) is 0 Å². The Morgan fingerprint density at radius 1 is 0.524 bits per heavy atom. The van der Waals surface area contributed by atoms with E-state index in [0.717, 1.165) is 64.2 Å². The second kappa shape index (κ2) is 33.4. The van der Waals surface area contributed by atoms with Crippen LogP contribution >= 0.6 is 0 Å². The second-order valence-corrected chi connectivity index (χ2v) is 11.3. The van der Waals surface area contributed by atoms with E-state index in [9.17, 15) is 14.7 Å². The number of carbonyl (C=O) groups excluding carboxylic acids is 2. The van der Waals surface area contributed by atoms with Crippen molar-refractivity contribution in [1.29, 1.82) is 0 Å². The van der Waals surface area contributed by atoms with Crippen molar-refractivity contribution in [2.24, 2.45) is 0 Å². The van der Waals surface area contributed by atoms with Crippen molar-refractivity contribution in [3.05, 3.63) is 48.6 Å². The molecule has 5 nitrogen and oxygen atoms in total. The Kier molecular flexibility index (Phi) is 31.7. The van der Waals surface area contributed by atoms with Crippen LogP contribution in [0.5, 0.6) is 0 Å². The lowest BCUT2D eigenvalue weighted by Gasteiger charge is -2.12. The Hall–Kier alpha value is -2.14. The van der Waals surface area contributed by atoms with Gasteiger partial charge in [0.1, 0.15) is 19.3 Å². The molecule has 0 heterocycles. The Labute approximate surface area is 258 Å². The van der Waals surface area contributed by atoms with Crippen LogP contribution in [-0.2, 0) is 19.1 Å². The molecule has 0 saturated carbocycles. The van der Waals surface area contributed by atoms with Gasteiger partial charge in [-0.3, -0.25) is 9.59 Å². The van der Waals surface area contributed by atoms with Crippen LogP contribution in [-0.4, -0.2) is 36.4 Å². The molecule has 0 fully saturated rings. The summed E-state index contributed by atoms with van der Waals surface area (Å²) in [5, 5.41) is 9.96. The van der Waals surface area contributed by atoms with Crippen LogP contribution in [0.3, 0.4) is 0 Å². The standard InChI is InChI=1S/C37H64O5/c1-3-5-7-9-11-13-15-17-18-20-22-24-26-28-30-32-37(40)42-34-35(38)33-41-36(39)31-29-27-25-23-21-19-16-14-12-10-8-6-4-2/h5,7,11,13,17-18,22,24,35,38H,3-4,6,8-10,12,14-16,19-21,23,25-34H2,1-2H3/b7-5-,13-11-,18-17-,24-22-/t35-/m1/s1. The van der Waals surface area contributed by atoms with Gasteiger partial charge in [0.05, 0.1) is 0 Å². The summed E-state index contributed by atoms with van der Waals surface area (Å²) in [6.07, 6.45) is 40.1. The lowest BCUT2D eigenvalue weighted by atomic mass is 10.0. The number of unbranched alkanes of at least 4 members (excludes halogenated alkanes) is 14.